The van der Waals surface area contributed by atoms with Gasteiger partial charge in [-0.3, -0.25) is 9.59 Å². The summed E-state index contributed by atoms with van der Waals surface area (Å²) in [5.74, 6) is -1.24. The molecule has 0 aliphatic carbocycles. The second-order valence-corrected chi connectivity index (χ2v) is 21.1. The van der Waals surface area contributed by atoms with E-state index < -0.39 is 67.4 Å². The lowest BCUT2D eigenvalue weighted by Crippen LogP contribution is -2.61. The number of carbonyl (C=O) groups is 2. The van der Waals surface area contributed by atoms with Crippen LogP contribution in [0.25, 0.3) is 0 Å². The molecular weight excluding hydrogens is 943 g/mol. The molecule has 1 saturated heterocycles. The highest BCUT2D eigenvalue weighted by atomic mass is 16.7. The van der Waals surface area contributed by atoms with Crippen molar-refractivity contribution in [1.82, 2.24) is 5.32 Å². The van der Waals surface area contributed by atoms with Crippen LogP contribution in [-0.2, 0) is 23.8 Å². The maximum Gasteiger partial charge on any atom is 0.306 e. The Hall–Kier alpha value is -2.90. The van der Waals surface area contributed by atoms with Crippen LogP contribution in [0, 0.1) is 0 Å². The second-order valence-electron chi connectivity index (χ2n) is 21.1. The zero-order chi connectivity index (χ0) is 54.7. The predicted molar refractivity (Wildman–Crippen MR) is 310 cm³/mol. The van der Waals surface area contributed by atoms with E-state index in [4.69, 9.17) is 14.2 Å². The van der Waals surface area contributed by atoms with E-state index in [0.717, 1.165) is 57.8 Å². The van der Waals surface area contributed by atoms with Crippen LogP contribution in [0.5, 0.6) is 0 Å². The van der Waals surface area contributed by atoms with Gasteiger partial charge >= 0.3 is 5.97 Å². The predicted octanol–water partition coefficient (Wildman–Crippen LogP) is 14.4. The number of hydrogen-bond acceptors (Lipinski definition) is 10. The van der Waals surface area contributed by atoms with Gasteiger partial charge in [-0.25, -0.2) is 0 Å². The molecular formula is C64H113NO10. The lowest BCUT2D eigenvalue weighted by molar-refractivity contribution is -0.305. The van der Waals surface area contributed by atoms with E-state index >= 15 is 0 Å². The molecule has 1 rings (SSSR count). The van der Waals surface area contributed by atoms with Crippen molar-refractivity contribution in [3.63, 3.8) is 0 Å². The number of allylic oxidation sites excluding steroid dienone is 11. The highest BCUT2D eigenvalue weighted by molar-refractivity contribution is 5.80. The van der Waals surface area contributed by atoms with E-state index in [1.807, 2.05) is 48.6 Å². The maximum absolute atomic E-state index is 13.4. The molecule has 1 heterocycles. The molecule has 0 aromatic rings. The van der Waals surface area contributed by atoms with Gasteiger partial charge in [0.2, 0.25) is 5.91 Å². The molecule has 11 nitrogen and oxygen atoms in total. The van der Waals surface area contributed by atoms with Gasteiger partial charge in [-0.15, -0.1) is 0 Å². The maximum atomic E-state index is 13.4. The summed E-state index contributed by atoms with van der Waals surface area (Å²) >= 11 is 0. The topological polar surface area (TPSA) is 175 Å². The number of nitrogens with one attached hydrogen (secondary N) is 1. The van der Waals surface area contributed by atoms with Crippen LogP contribution < -0.4 is 5.32 Å². The SMILES string of the molecule is CC/C=C/C=C/C=C\C=C/CCCCC(O)C(=O)NC(COC1OC(CO)C(O)C(O)C1OC(=O)CCCCCCCCCCCCC/C=C/CCCCCCCC)C(O)/C=C/CCCCCCCCCCCCC. The fourth-order valence-corrected chi connectivity index (χ4v) is 9.30. The standard InChI is InChI=1S/C64H113NO10/c1-4-7-10-13-16-19-22-25-26-27-28-29-30-31-32-34-37-40-43-46-49-52-59(69)75-62-61(71)60(70)58(53-66)74-64(62)73-54-55(56(67)50-47-44-41-38-36-33-23-20-17-14-11-8-5-2)65-63(72)57(68)51-48-45-42-39-35-24-21-18-15-12-9-6-3/h9,12,15,18,21,24-26,35,39,47,50,55-58,60-62,64,66-68,70-71H,4-8,10-11,13-14,16-17,19-20,22-23,27-34,36-38,40-46,48-49,51-54H2,1-3H3,(H,65,72)/b12-9+,18-15+,24-21-,26-25+,39-35-,50-47+. The lowest BCUT2D eigenvalue weighted by atomic mass is 9.99. The van der Waals surface area contributed by atoms with Gasteiger partial charge in [0, 0.05) is 6.42 Å². The molecule has 0 aromatic carbocycles. The molecule has 1 aliphatic heterocycles. The molecule has 0 aromatic heterocycles. The van der Waals surface area contributed by atoms with Gasteiger partial charge in [0.1, 0.15) is 24.4 Å². The molecule has 1 aliphatic rings. The Kier molecular flexibility index (Phi) is 48.5. The first kappa shape index (κ1) is 70.1. The number of carbonyl (C=O) groups excluding carboxylic acids is 2. The van der Waals surface area contributed by atoms with Crippen LogP contribution in [0.1, 0.15) is 258 Å². The third-order valence-electron chi connectivity index (χ3n) is 14.2. The highest BCUT2D eigenvalue weighted by Gasteiger charge is 2.47. The minimum Gasteiger partial charge on any atom is -0.454 e. The minimum atomic E-state index is -1.62. The Morgan fingerprint density at radius 3 is 1.48 bits per heavy atom. The average molecular weight is 1060 g/mol. The summed E-state index contributed by atoms with van der Waals surface area (Å²) in [6, 6.07) is -1.05. The van der Waals surface area contributed by atoms with Crippen molar-refractivity contribution in [3.05, 3.63) is 72.9 Å². The Morgan fingerprint density at radius 1 is 0.533 bits per heavy atom. The van der Waals surface area contributed by atoms with Crippen LogP contribution in [0.15, 0.2) is 72.9 Å². The molecule has 1 fully saturated rings. The lowest BCUT2D eigenvalue weighted by Gasteiger charge is -2.41. The van der Waals surface area contributed by atoms with Gasteiger partial charge in [-0.1, -0.05) is 254 Å². The molecule has 75 heavy (non-hydrogen) atoms. The number of ether oxygens (including phenoxy) is 3. The quantitative estimate of drug-likeness (QED) is 0.0149. The smallest absolute Gasteiger partial charge is 0.306 e. The first-order chi connectivity index (χ1) is 36.7. The van der Waals surface area contributed by atoms with E-state index in [-0.39, 0.29) is 19.4 Å². The van der Waals surface area contributed by atoms with Crippen LogP contribution in [0.4, 0.5) is 0 Å². The van der Waals surface area contributed by atoms with E-state index in [1.165, 1.54) is 154 Å². The summed E-state index contributed by atoms with van der Waals surface area (Å²) in [6.07, 6.45) is 55.2. The van der Waals surface area contributed by atoms with E-state index in [9.17, 15) is 35.1 Å². The number of unbranched alkanes of at least 4 members (excludes halogenated alkanes) is 30. The third kappa shape index (κ3) is 40.0. The molecule has 0 bridgehead atoms. The van der Waals surface area contributed by atoms with Crippen LogP contribution in [0.3, 0.4) is 0 Å². The van der Waals surface area contributed by atoms with Gasteiger partial charge in [-0.05, 0) is 70.6 Å². The van der Waals surface area contributed by atoms with Crippen molar-refractivity contribution < 1.29 is 49.3 Å². The van der Waals surface area contributed by atoms with Crippen molar-refractivity contribution >= 4 is 11.9 Å². The molecule has 8 atom stereocenters. The van der Waals surface area contributed by atoms with Crippen molar-refractivity contribution in [2.75, 3.05) is 13.2 Å². The Balaban J connectivity index is 2.67. The Labute approximate surface area is 458 Å². The zero-order valence-electron chi connectivity index (χ0n) is 47.9. The molecule has 0 spiro atoms. The first-order valence-corrected chi connectivity index (χ1v) is 30.8. The minimum absolute atomic E-state index is 0.116. The number of hydrogen-bond donors (Lipinski definition) is 6. The third-order valence-corrected chi connectivity index (χ3v) is 14.2. The molecule has 434 valence electrons. The molecule has 0 radical (unpaired) electrons. The molecule has 6 N–H and O–H groups in total. The van der Waals surface area contributed by atoms with Gasteiger partial charge in [0.05, 0.1) is 25.4 Å². The van der Waals surface area contributed by atoms with Gasteiger partial charge < -0.3 is 45.1 Å². The number of aliphatic hydroxyl groups excluding tert-OH is 5. The zero-order valence-corrected chi connectivity index (χ0v) is 47.9. The first-order valence-electron chi connectivity index (χ1n) is 30.8. The van der Waals surface area contributed by atoms with Crippen molar-refractivity contribution in [2.45, 2.75) is 307 Å². The highest BCUT2D eigenvalue weighted by Crippen LogP contribution is 2.26. The number of amides is 1. The average Bonchev–Trinajstić information content (AvgIpc) is 3.41. The van der Waals surface area contributed by atoms with Crippen LogP contribution in [0.2, 0.25) is 0 Å². The fraction of sp³-hybridized carbons (Fsp3) is 0.781. The van der Waals surface area contributed by atoms with Crippen LogP contribution in [-0.4, -0.2) is 99.6 Å². The normalized spacial score (nSPS) is 19.7. The summed E-state index contributed by atoms with van der Waals surface area (Å²) in [5, 5.41) is 56.8. The number of rotatable bonds is 51. The van der Waals surface area contributed by atoms with Gasteiger partial charge in [0.25, 0.3) is 0 Å². The van der Waals surface area contributed by atoms with E-state index in [1.54, 1.807) is 6.08 Å². The van der Waals surface area contributed by atoms with E-state index in [2.05, 4.69) is 44.3 Å². The molecule has 8 unspecified atom stereocenters. The van der Waals surface area contributed by atoms with E-state index in [0.29, 0.717) is 12.8 Å². The summed E-state index contributed by atoms with van der Waals surface area (Å²) in [4.78, 5) is 26.5. The summed E-state index contributed by atoms with van der Waals surface area (Å²) in [5.41, 5.74) is 0. The Bertz CT molecular complexity index is 1490. The molecule has 1 amide bonds. The number of aliphatic hydroxyl groups is 5. The molecule has 11 heteroatoms. The summed E-state index contributed by atoms with van der Waals surface area (Å²) in [6.45, 7) is 5.62. The largest absolute Gasteiger partial charge is 0.454 e. The monoisotopic (exact) mass is 1060 g/mol. The summed E-state index contributed by atoms with van der Waals surface area (Å²) in [7, 11) is 0. The van der Waals surface area contributed by atoms with Crippen molar-refractivity contribution in [1.29, 1.82) is 0 Å². The summed E-state index contributed by atoms with van der Waals surface area (Å²) < 4.78 is 17.6. The Morgan fingerprint density at radius 2 is 0.973 bits per heavy atom. The fourth-order valence-electron chi connectivity index (χ4n) is 9.30. The molecule has 0 saturated carbocycles. The second kappa shape index (κ2) is 51.8. The van der Waals surface area contributed by atoms with Crippen LogP contribution >= 0.6 is 0 Å². The van der Waals surface area contributed by atoms with Crippen molar-refractivity contribution in [3.8, 4) is 0 Å². The van der Waals surface area contributed by atoms with Crippen molar-refractivity contribution in [2.24, 2.45) is 0 Å². The number of esters is 1. The van der Waals surface area contributed by atoms with Gasteiger partial charge in [-0.2, -0.15) is 0 Å². The van der Waals surface area contributed by atoms with Gasteiger partial charge in [0.15, 0.2) is 12.4 Å².